The molecule has 0 fully saturated rings. The number of nitrogens with one attached hydrogen (secondary N) is 2. The third kappa shape index (κ3) is 4.68. The van der Waals surface area contributed by atoms with Crippen molar-refractivity contribution >= 4 is 5.96 Å². The second-order valence-corrected chi connectivity index (χ2v) is 4.19. The van der Waals surface area contributed by atoms with Crippen LogP contribution in [0.1, 0.15) is 18.3 Å². The van der Waals surface area contributed by atoms with Gasteiger partial charge in [-0.05, 0) is 31.2 Å². The summed E-state index contributed by atoms with van der Waals surface area (Å²) < 4.78 is 0. The van der Waals surface area contributed by atoms with Crippen molar-refractivity contribution in [2.24, 2.45) is 4.99 Å². The Bertz CT molecular complexity index is 524. The number of guanidine groups is 1. The molecule has 0 unspecified atom stereocenters. The first-order valence-electron chi connectivity index (χ1n) is 6.70. The standard InChI is InChI=1S/C15H19N5/c1-2-16-15(19-11-13-7-3-5-9-17-13)20-12-14-8-4-6-10-18-14/h3-10H,2,11-12H2,1H3,(H2,16,19,20). The van der Waals surface area contributed by atoms with E-state index in [4.69, 9.17) is 0 Å². The molecule has 0 spiro atoms. The Kier molecular flexibility index (Phi) is 5.52. The van der Waals surface area contributed by atoms with Crippen molar-refractivity contribution in [3.8, 4) is 0 Å². The van der Waals surface area contributed by atoms with E-state index in [-0.39, 0.29) is 0 Å². The van der Waals surface area contributed by atoms with Crippen molar-refractivity contribution < 1.29 is 0 Å². The van der Waals surface area contributed by atoms with E-state index in [2.05, 4.69) is 25.6 Å². The smallest absolute Gasteiger partial charge is 0.191 e. The van der Waals surface area contributed by atoms with Crippen LogP contribution in [0.2, 0.25) is 0 Å². The zero-order valence-electron chi connectivity index (χ0n) is 11.6. The van der Waals surface area contributed by atoms with Crippen LogP contribution in [0, 0.1) is 0 Å². The van der Waals surface area contributed by atoms with Crippen molar-refractivity contribution in [1.82, 2.24) is 20.6 Å². The molecule has 0 radical (unpaired) electrons. The molecule has 0 atom stereocenters. The Morgan fingerprint density at radius 2 is 1.70 bits per heavy atom. The maximum absolute atomic E-state index is 4.50. The lowest BCUT2D eigenvalue weighted by atomic mass is 10.3. The molecule has 0 aliphatic rings. The van der Waals surface area contributed by atoms with Gasteiger partial charge in [-0.1, -0.05) is 12.1 Å². The SMILES string of the molecule is CCNC(=NCc1ccccn1)NCc1ccccn1. The highest BCUT2D eigenvalue weighted by Crippen LogP contribution is 1.96. The van der Waals surface area contributed by atoms with Crippen molar-refractivity contribution in [1.29, 1.82) is 0 Å². The largest absolute Gasteiger partial charge is 0.357 e. The molecule has 2 N–H and O–H groups in total. The van der Waals surface area contributed by atoms with Gasteiger partial charge in [0.15, 0.2) is 5.96 Å². The van der Waals surface area contributed by atoms with Gasteiger partial charge in [0.25, 0.3) is 0 Å². The molecular formula is C15H19N5. The minimum absolute atomic E-state index is 0.554. The van der Waals surface area contributed by atoms with E-state index in [0.29, 0.717) is 13.1 Å². The fraction of sp³-hybridized carbons (Fsp3) is 0.267. The molecule has 0 aliphatic heterocycles. The summed E-state index contributed by atoms with van der Waals surface area (Å²) in [7, 11) is 0. The molecule has 2 rings (SSSR count). The van der Waals surface area contributed by atoms with Gasteiger partial charge in [0.1, 0.15) is 0 Å². The van der Waals surface area contributed by atoms with Crippen LogP contribution >= 0.6 is 0 Å². The van der Waals surface area contributed by atoms with E-state index >= 15 is 0 Å². The predicted molar refractivity (Wildman–Crippen MR) is 80.1 cm³/mol. The average Bonchev–Trinajstić information content (AvgIpc) is 2.52. The van der Waals surface area contributed by atoms with E-state index in [0.717, 1.165) is 23.9 Å². The van der Waals surface area contributed by atoms with Gasteiger partial charge < -0.3 is 10.6 Å². The van der Waals surface area contributed by atoms with Crippen LogP contribution in [0.4, 0.5) is 0 Å². The minimum Gasteiger partial charge on any atom is -0.357 e. The Morgan fingerprint density at radius 3 is 2.30 bits per heavy atom. The van der Waals surface area contributed by atoms with Crippen LogP contribution in [0.5, 0.6) is 0 Å². The molecule has 5 nitrogen and oxygen atoms in total. The molecule has 2 aromatic heterocycles. The summed E-state index contributed by atoms with van der Waals surface area (Å²) >= 11 is 0. The number of pyridine rings is 2. The van der Waals surface area contributed by atoms with E-state index in [1.54, 1.807) is 12.4 Å². The number of hydrogen-bond acceptors (Lipinski definition) is 3. The van der Waals surface area contributed by atoms with Gasteiger partial charge in [0.2, 0.25) is 0 Å². The highest BCUT2D eigenvalue weighted by atomic mass is 15.2. The lowest BCUT2D eigenvalue weighted by Crippen LogP contribution is -2.37. The van der Waals surface area contributed by atoms with Crippen LogP contribution in [-0.2, 0) is 13.1 Å². The van der Waals surface area contributed by atoms with Crippen molar-refractivity contribution in [3.63, 3.8) is 0 Å². The highest BCUT2D eigenvalue weighted by molar-refractivity contribution is 5.79. The van der Waals surface area contributed by atoms with Crippen molar-refractivity contribution in [3.05, 3.63) is 60.2 Å². The Balaban J connectivity index is 1.92. The second-order valence-electron chi connectivity index (χ2n) is 4.19. The van der Waals surface area contributed by atoms with Crippen molar-refractivity contribution in [2.45, 2.75) is 20.0 Å². The molecule has 0 bridgehead atoms. The molecule has 0 saturated heterocycles. The van der Waals surface area contributed by atoms with Gasteiger partial charge in [0, 0.05) is 18.9 Å². The van der Waals surface area contributed by atoms with Gasteiger partial charge in [-0.3, -0.25) is 9.97 Å². The summed E-state index contributed by atoms with van der Waals surface area (Å²) in [5, 5.41) is 6.46. The van der Waals surface area contributed by atoms with Crippen LogP contribution in [-0.4, -0.2) is 22.5 Å². The average molecular weight is 269 g/mol. The van der Waals surface area contributed by atoms with Crippen LogP contribution in [0.15, 0.2) is 53.8 Å². The maximum atomic E-state index is 4.50. The summed E-state index contributed by atoms with van der Waals surface area (Å²) in [4.78, 5) is 13.0. The summed E-state index contributed by atoms with van der Waals surface area (Å²) in [6.45, 7) is 4.06. The molecule has 0 aromatic carbocycles. The topological polar surface area (TPSA) is 62.2 Å². The number of aliphatic imine (C=N–C) groups is 1. The van der Waals surface area contributed by atoms with Gasteiger partial charge in [-0.15, -0.1) is 0 Å². The van der Waals surface area contributed by atoms with Crippen LogP contribution in [0.25, 0.3) is 0 Å². The van der Waals surface area contributed by atoms with E-state index < -0.39 is 0 Å². The van der Waals surface area contributed by atoms with E-state index in [1.807, 2.05) is 43.3 Å². The Labute approximate surface area is 119 Å². The fourth-order valence-electron chi connectivity index (χ4n) is 1.67. The maximum Gasteiger partial charge on any atom is 0.191 e. The molecule has 0 amide bonds. The van der Waals surface area contributed by atoms with E-state index in [9.17, 15) is 0 Å². The number of aromatic nitrogens is 2. The fourth-order valence-corrected chi connectivity index (χ4v) is 1.67. The third-order valence-electron chi connectivity index (χ3n) is 2.63. The predicted octanol–water partition coefficient (Wildman–Crippen LogP) is 1.73. The van der Waals surface area contributed by atoms with Gasteiger partial charge in [-0.2, -0.15) is 0 Å². The quantitative estimate of drug-likeness (QED) is 0.641. The number of rotatable bonds is 5. The lowest BCUT2D eigenvalue weighted by Gasteiger charge is -2.10. The lowest BCUT2D eigenvalue weighted by molar-refractivity contribution is 0.796. The third-order valence-corrected chi connectivity index (χ3v) is 2.63. The van der Waals surface area contributed by atoms with Gasteiger partial charge >= 0.3 is 0 Å². The zero-order valence-corrected chi connectivity index (χ0v) is 11.6. The van der Waals surface area contributed by atoms with Crippen molar-refractivity contribution in [2.75, 3.05) is 6.54 Å². The minimum atomic E-state index is 0.554. The highest BCUT2D eigenvalue weighted by Gasteiger charge is 1.99. The first kappa shape index (κ1) is 14.0. The number of nitrogens with zero attached hydrogens (tertiary/aromatic N) is 3. The summed E-state index contributed by atoms with van der Waals surface area (Å²) in [6.07, 6.45) is 3.56. The first-order valence-corrected chi connectivity index (χ1v) is 6.70. The monoisotopic (exact) mass is 269 g/mol. The number of hydrogen-bond donors (Lipinski definition) is 2. The zero-order chi connectivity index (χ0) is 14.0. The Hall–Kier alpha value is -2.43. The van der Waals surface area contributed by atoms with Gasteiger partial charge in [-0.25, -0.2) is 4.99 Å². The first-order chi connectivity index (χ1) is 9.88. The molecule has 5 heteroatoms. The van der Waals surface area contributed by atoms with E-state index in [1.165, 1.54) is 0 Å². The second kappa shape index (κ2) is 7.89. The molecule has 0 saturated carbocycles. The molecular weight excluding hydrogens is 250 g/mol. The van der Waals surface area contributed by atoms with Crippen LogP contribution < -0.4 is 10.6 Å². The molecule has 0 aliphatic carbocycles. The molecule has 2 heterocycles. The summed E-state index contributed by atoms with van der Waals surface area (Å²) in [6, 6.07) is 11.7. The Morgan fingerprint density at radius 1 is 1.00 bits per heavy atom. The molecule has 2 aromatic rings. The normalized spacial score (nSPS) is 11.2. The summed E-state index contributed by atoms with van der Waals surface area (Å²) in [5.41, 5.74) is 1.93. The van der Waals surface area contributed by atoms with Crippen LogP contribution in [0.3, 0.4) is 0 Å². The summed E-state index contributed by atoms with van der Waals surface area (Å²) in [5.74, 6) is 0.767. The van der Waals surface area contributed by atoms with Gasteiger partial charge in [0.05, 0.1) is 24.5 Å². The molecule has 20 heavy (non-hydrogen) atoms. The molecule has 104 valence electrons.